The van der Waals surface area contributed by atoms with Gasteiger partial charge in [-0.05, 0) is 36.9 Å². The number of aryl methyl sites for hydroxylation is 1. The van der Waals surface area contributed by atoms with Crippen LogP contribution in [-0.2, 0) is 10.0 Å². The quantitative estimate of drug-likeness (QED) is 0.665. The van der Waals surface area contributed by atoms with E-state index in [-0.39, 0.29) is 22.5 Å². The molecular formula is C13H19N3O4S. The van der Waals surface area contributed by atoms with E-state index in [0.29, 0.717) is 25.1 Å². The first-order valence-corrected chi connectivity index (χ1v) is 8.09. The molecule has 1 fully saturated rings. The summed E-state index contributed by atoms with van der Waals surface area (Å²) >= 11 is 0. The highest BCUT2D eigenvalue weighted by molar-refractivity contribution is 7.89. The normalized spacial score (nSPS) is 23.4. The third kappa shape index (κ3) is 2.92. The highest BCUT2D eigenvalue weighted by Gasteiger charge is 2.41. The molecule has 1 aromatic rings. The molecule has 8 heteroatoms. The zero-order valence-corrected chi connectivity index (χ0v) is 12.9. The van der Waals surface area contributed by atoms with Gasteiger partial charge in [0.05, 0.1) is 4.92 Å². The number of nitro benzene ring substituents is 1. The summed E-state index contributed by atoms with van der Waals surface area (Å²) in [4.78, 5) is 10.2. The Hall–Kier alpha value is -1.51. The van der Waals surface area contributed by atoms with E-state index in [1.807, 2.05) is 6.92 Å². The Kier molecular flexibility index (Phi) is 4.05. The molecule has 1 aliphatic heterocycles. The molecule has 0 spiro atoms. The summed E-state index contributed by atoms with van der Waals surface area (Å²) in [6.07, 6.45) is 0.655. The fourth-order valence-electron chi connectivity index (χ4n) is 2.48. The second-order valence-corrected chi connectivity index (χ2v) is 7.74. The summed E-state index contributed by atoms with van der Waals surface area (Å²) < 4.78 is 26.6. The van der Waals surface area contributed by atoms with Gasteiger partial charge in [0, 0.05) is 19.2 Å². The van der Waals surface area contributed by atoms with Crippen molar-refractivity contribution in [2.24, 2.45) is 11.1 Å². The summed E-state index contributed by atoms with van der Waals surface area (Å²) in [6, 6.07) is 4.16. The molecule has 116 valence electrons. The zero-order chi connectivity index (χ0) is 15.8. The van der Waals surface area contributed by atoms with Crippen molar-refractivity contribution in [3.05, 3.63) is 33.9 Å². The van der Waals surface area contributed by atoms with E-state index in [2.05, 4.69) is 0 Å². The number of nitrogens with two attached hydrogens (primary N) is 1. The monoisotopic (exact) mass is 313 g/mol. The molecule has 0 bridgehead atoms. The first kappa shape index (κ1) is 15.9. The van der Waals surface area contributed by atoms with Crippen molar-refractivity contribution in [1.29, 1.82) is 0 Å². The van der Waals surface area contributed by atoms with Gasteiger partial charge in [0.1, 0.15) is 0 Å². The summed E-state index contributed by atoms with van der Waals surface area (Å²) in [5, 5.41) is 11.1. The predicted molar refractivity (Wildman–Crippen MR) is 78.4 cm³/mol. The molecule has 0 aromatic heterocycles. The van der Waals surface area contributed by atoms with Crippen LogP contribution in [0.1, 0.15) is 18.9 Å². The lowest BCUT2D eigenvalue weighted by Crippen LogP contribution is -2.34. The maximum atomic E-state index is 12.7. The lowest BCUT2D eigenvalue weighted by Gasteiger charge is -2.22. The Morgan fingerprint density at radius 2 is 2.14 bits per heavy atom. The number of rotatable bonds is 4. The van der Waals surface area contributed by atoms with E-state index < -0.39 is 14.9 Å². The fraction of sp³-hybridized carbons (Fsp3) is 0.538. The van der Waals surface area contributed by atoms with Crippen LogP contribution in [-0.4, -0.2) is 37.3 Å². The van der Waals surface area contributed by atoms with Crippen molar-refractivity contribution >= 4 is 15.7 Å². The Labute approximate surface area is 123 Å². The van der Waals surface area contributed by atoms with Crippen LogP contribution >= 0.6 is 0 Å². The van der Waals surface area contributed by atoms with Crippen LogP contribution in [0.15, 0.2) is 23.1 Å². The average molecular weight is 313 g/mol. The molecule has 2 rings (SSSR count). The minimum atomic E-state index is -3.88. The van der Waals surface area contributed by atoms with Gasteiger partial charge in [0.2, 0.25) is 10.0 Å². The first-order valence-electron chi connectivity index (χ1n) is 6.65. The fourth-order valence-corrected chi connectivity index (χ4v) is 4.21. The van der Waals surface area contributed by atoms with Crippen molar-refractivity contribution in [3.63, 3.8) is 0 Å². The van der Waals surface area contributed by atoms with Crippen molar-refractivity contribution < 1.29 is 13.3 Å². The molecule has 1 aromatic carbocycles. The van der Waals surface area contributed by atoms with Crippen LogP contribution in [0, 0.1) is 22.5 Å². The molecular weight excluding hydrogens is 294 g/mol. The maximum Gasteiger partial charge on any atom is 0.289 e. The molecule has 1 atom stereocenters. The Balaban J connectivity index is 2.44. The van der Waals surface area contributed by atoms with E-state index in [9.17, 15) is 18.5 Å². The maximum absolute atomic E-state index is 12.7. The standard InChI is InChI=1S/C13H19N3O4S/c1-10-3-4-12(11(7-10)16(17)18)21(19,20)15-6-5-13(2,8-14)9-15/h3-4,7H,5-6,8-9,14H2,1-2H3. The highest BCUT2D eigenvalue weighted by Crippen LogP contribution is 2.35. The number of hydrogen-bond acceptors (Lipinski definition) is 5. The third-order valence-electron chi connectivity index (χ3n) is 3.94. The minimum Gasteiger partial charge on any atom is -0.330 e. The number of nitro groups is 1. The van der Waals surface area contributed by atoms with Gasteiger partial charge in [-0.2, -0.15) is 4.31 Å². The molecule has 1 heterocycles. The molecule has 2 N–H and O–H groups in total. The molecule has 21 heavy (non-hydrogen) atoms. The van der Waals surface area contributed by atoms with Crippen LogP contribution in [0.5, 0.6) is 0 Å². The van der Waals surface area contributed by atoms with Crippen LogP contribution in [0.3, 0.4) is 0 Å². The van der Waals surface area contributed by atoms with Crippen molar-refractivity contribution in [3.8, 4) is 0 Å². The van der Waals surface area contributed by atoms with Crippen LogP contribution in [0.4, 0.5) is 5.69 Å². The van der Waals surface area contributed by atoms with Crippen molar-refractivity contribution in [2.45, 2.75) is 25.2 Å². The lowest BCUT2D eigenvalue weighted by atomic mass is 9.90. The van der Waals surface area contributed by atoms with Crippen LogP contribution in [0.25, 0.3) is 0 Å². The summed E-state index contributed by atoms with van der Waals surface area (Å²) in [5.74, 6) is 0. The van der Waals surface area contributed by atoms with Crippen LogP contribution < -0.4 is 5.73 Å². The second kappa shape index (κ2) is 5.36. The molecule has 0 radical (unpaired) electrons. The molecule has 1 unspecified atom stereocenters. The zero-order valence-electron chi connectivity index (χ0n) is 12.1. The van der Waals surface area contributed by atoms with Crippen LogP contribution in [0.2, 0.25) is 0 Å². The van der Waals surface area contributed by atoms with E-state index in [4.69, 9.17) is 5.73 Å². The lowest BCUT2D eigenvalue weighted by molar-refractivity contribution is -0.387. The van der Waals surface area contributed by atoms with Crippen molar-refractivity contribution in [2.75, 3.05) is 19.6 Å². The van der Waals surface area contributed by atoms with Gasteiger partial charge in [-0.1, -0.05) is 13.0 Å². The Morgan fingerprint density at radius 3 is 2.67 bits per heavy atom. The summed E-state index contributed by atoms with van der Waals surface area (Å²) in [5.41, 5.74) is 5.68. The molecule has 0 amide bonds. The number of benzene rings is 1. The second-order valence-electron chi connectivity index (χ2n) is 5.83. The summed E-state index contributed by atoms with van der Waals surface area (Å²) in [6.45, 7) is 4.61. The van der Waals surface area contributed by atoms with E-state index in [0.717, 1.165) is 0 Å². The first-order chi connectivity index (χ1) is 9.69. The van der Waals surface area contributed by atoms with E-state index in [1.54, 1.807) is 13.0 Å². The smallest absolute Gasteiger partial charge is 0.289 e. The topological polar surface area (TPSA) is 107 Å². The highest BCUT2D eigenvalue weighted by atomic mass is 32.2. The minimum absolute atomic E-state index is 0.251. The van der Waals surface area contributed by atoms with E-state index >= 15 is 0 Å². The third-order valence-corrected chi connectivity index (χ3v) is 5.84. The van der Waals surface area contributed by atoms with Gasteiger partial charge in [0.15, 0.2) is 4.90 Å². The van der Waals surface area contributed by atoms with Gasteiger partial charge in [-0.3, -0.25) is 10.1 Å². The SMILES string of the molecule is Cc1ccc(S(=O)(=O)N2CCC(C)(CN)C2)c([N+](=O)[O-])c1. The number of hydrogen-bond donors (Lipinski definition) is 1. The van der Waals surface area contributed by atoms with Crippen molar-refractivity contribution in [1.82, 2.24) is 4.31 Å². The molecule has 1 aliphatic rings. The molecule has 7 nitrogen and oxygen atoms in total. The Morgan fingerprint density at radius 1 is 1.48 bits per heavy atom. The van der Waals surface area contributed by atoms with Gasteiger partial charge >= 0.3 is 0 Å². The van der Waals surface area contributed by atoms with Gasteiger partial charge in [-0.15, -0.1) is 0 Å². The predicted octanol–water partition coefficient (Wildman–Crippen LogP) is 1.26. The largest absolute Gasteiger partial charge is 0.330 e. The van der Waals surface area contributed by atoms with E-state index in [1.165, 1.54) is 16.4 Å². The van der Waals surface area contributed by atoms with Gasteiger partial charge in [-0.25, -0.2) is 8.42 Å². The molecule has 0 saturated carbocycles. The van der Waals surface area contributed by atoms with Gasteiger partial charge < -0.3 is 5.73 Å². The Bertz CT molecular complexity index is 674. The number of sulfonamides is 1. The summed E-state index contributed by atoms with van der Waals surface area (Å²) in [7, 11) is -3.88. The number of nitrogens with zero attached hydrogens (tertiary/aromatic N) is 2. The average Bonchev–Trinajstić information content (AvgIpc) is 2.82. The molecule has 0 aliphatic carbocycles. The van der Waals surface area contributed by atoms with Gasteiger partial charge in [0.25, 0.3) is 5.69 Å². The molecule has 1 saturated heterocycles.